The maximum atomic E-state index is 13.4. The molecule has 0 aliphatic heterocycles. The first-order chi connectivity index (χ1) is 17.2. The Bertz CT molecular complexity index is 941. The standard InChI is InChI=1S/C26H42N6O5/c1-17(2)15-26(29,23(36)37-25(3,4)5)22(35)32-20(14-18-10-7-6-8-11-18)21(34)31-19(16-33)12-9-13-30-24(27)28/h6-8,10-11,16-17,19-20H,9,12-15,29H2,1-5H3,(H,31,34)(H,32,35)(H4,27,28,30)/t19-,20-,26-/m0/s1. The predicted octanol–water partition coefficient (Wildman–Crippen LogP) is 0.537. The topological polar surface area (TPSA) is 192 Å². The molecule has 0 bridgehead atoms. The molecule has 0 unspecified atom stereocenters. The van der Waals surface area contributed by atoms with Crippen molar-refractivity contribution >= 4 is 30.0 Å². The second-order valence-corrected chi connectivity index (χ2v) is 10.5. The number of amides is 2. The van der Waals surface area contributed by atoms with Gasteiger partial charge in [-0.1, -0.05) is 44.2 Å². The molecule has 2 amide bonds. The van der Waals surface area contributed by atoms with Crippen LogP contribution in [0, 0.1) is 5.92 Å². The number of benzene rings is 1. The number of guanidine groups is 1. The van der Waals surface area contributed by atoms with Gasteiger partial charge in [0.15, 0.2) is 11.5 Å². The van der Waals surface area contributed by atoms with Crippen LogP contribution in [0.2, 0.25) is 0 Å². The minimum atomic E-state index is -2.01. The van der Waals surface area contributed by atoms with Gasteiger partial charge in [-0.15, -0.1) is 0 Å². The molecule has 0 aliphatic carbocycles. The summed E-state index contributed by atoms with van der Waals surface area (Å²) < 4.78 is 5.44. The molecule has 0 heterocycles. The van der Waals surface area contributed by atoms with E-state index in [4.69, 9.17) is 21.9 Å². The smallest absolute Gasteiger partial charge is 0.336 e. The summed E-state index contributed by atoms with van der Waals surface area (Å²) in [5.41, 5.74) is 14.9. The van der Waals surface area contributed by atoms with Crippen LogP contribution >= 0.6 is 0 Å². The van der Waals surface area contributed by atoms with E-state index in [1.807, 2.05) is 19.9 Å². The number of rotatable bonds is 14. The van der Waals surface area contributed by atoms with Gasteiger partial charge in [-0.25, -0.2) is 4.79 Å². The van der Waals surface area contributed by atoms with E-state index in [0.717, 1.165) is 5.56 Å². The van der Waals surface area contributed by atoms with Crippen molar-refractivity contribution in [3.63, 3.8) is 0 Å². The molecule has 0 saturated heterocycles. The van der Waals surface area contributed by atoms with Crippen molar-refractivity contribution in [1.82, 2.24) is 10.6 Å². The van der Waals surface area contributed by atoms with Crippen LogP contribution in [0.5, 0.6) is 0 Å². The van der Waals surface area contributed by atoms with Crippen LogP contribution in [0.3, 0.4) is 0 Å². The number of aliphatic imine (C=N–C) groups is 1. The van der Waals surface area contributed by atoms with Crippen molar-refractivity contribution in [2.75, 3.05) is 6.54 Å². The summed E-state index contributed by atoms with van der Waals surface area (Å²) in [5, 5.41) is 5.29. The van der Waals surface area contributed by atoms with Gasteiger partial charge in [0.05, 0.1) is 6.04 Å². The van der Waals surface area contributed by atoms with Crippen molar-refractivity contribution < 1.29 is 23.9 Å². The monoisotopic (exact) mass is 518 g/mol. The fourth-order valence-electron chi connectivity index (χ4n) is 3.60. The molecule has 3 atom stereocenters. The van der Waals surface area contributed by atoms with Crippen LogP contribution in [0.1, 0.15) is 59.4 Å². The lowest BCUT2D eigenvalue weighted by atomic mass is 9.88. The molecule has 11 nitrogen and oxygen atoms in total. The third-order valence-corrected chi connectivity index (χ3v) is 5.26. The molecule has 1 aromatic rings. The van der Waals surface area contributed by atoms with Gasteiger partial charge in [0.1, 0.15) is 17.9 Å². The second kappa shape index (κ2) is 14.3. The summed E-state index contributed by atoms with van der Waals surface area (Å²) in [7, 11) is 0. The van der Waals surface area contributed by atoms with E-state index in [1.54, 1.807) is 45.0 Å². The lowest BCUT2D eigenvalue weighted by Crippen LogP contribution is -2.65. The molecular weight excluding hydrogens is 476 g/mol. The number of carbonyl (C=O) groups excluding carboxylic acids is 4. The molecule has 206 valence electrons. The van der Waals surface area contributed by atoms with Gasteiger partial charge >= 0.3 is 5.97 Å². The van der Waals surface area contributed by atoms with Crippen LogP contribution in [-0.2, 0) is 30.3 Å². The predicted molar refractivity (Wildman–Crippen MR) is 142 cm³/mol. The fourth-order valence-corrected chi connectivity index (χ4v) is 3.60. The first kappa shape index (κ1) is 31.6. The Morgan fingerprint density at radius 1 is 1.08 bits per heavy atom. The third-order valence-electron chi connectivity index (χ3n) is 5.26. The highest BCUT2D eigenvalue weighted by atomic mass is 16.6. The Kier molecular flexibility index (Phi) is 12.2. The molecule has 0 spiro atoms. The van der Waals surface area contributed by atoms with E-state index < -0.39 is 41.0 Å². The number of nitrogens with two attached hydrogens (primary N) is 3. The Morgan fingerprint density at radius 2 is 1.70 bits per heavy atom. The zero-order valence-corrected chi connectivity index (χ0v) is 22.5. The zero-order valence-electron chi connectivity index (χ0n) is 22.5. The van der Waals surface area contributed by atoms with E-state index in [0.29, 0.717) is 25.7 Å². The maximum Gasteiger partial charge on any atom is 0.336 e. The lowest BCUT2D eigenvalue weighted by molar-refractivity contribution is -0.165. The van der Waals surface area contributed by atoms with Crippen LogP contribution in [0.15, 0.2) is 35.3 Å². The SMILES string of the molecule is CC(C)C[C@](N)(C(=O)N[C@@H](Cc1ccccc1)C(=O)N[C@H](C=O)CCCN=C(N)N)C(=O)OC(C)(C)C. The average Bonchev–Trinajstić information content (AvgIpc) is 2.79. The van der Waals surface area contributed by atoms with Gasteiger partial charge < -0.3 is 37.4 Å². The number of esters is 1. The number of nitrogens with zero attached hydrogens (tertiary/aromatic N) is 1. The van der Waals surface area contributed by atoms with Gasteiger partial charge in [-0.3, -0.25) is 14.6 Å². The highest BCUT2D eigenvalue weighted by Crippen LogP contribution is 2.21. The molecule has 0 radical (unpaired) electrons. The van der Waals surface area contributed by atoms with E-state index in [-0.39, 0.29) is 24.7 Å². The average molecular weight is 519 g/mol. The molecule has 1 rings (SSSR count). The molecule has 1 aromatic carbocycles. The molecular formula is C26H42N6O5. The van der Waals surface area contributed by atoms with Gasteiger partial charge in [0.2, 0.25) is 5.91 Å². The number of hydrogen-bond acceptors (Lipinski definition) is 7. The second-order valence-electron chi connectivity index (χ2n) is 10.5. The first-order valence-corrected chi connectivity index (χ1v) is 12.4. The molecule has 0 saturated carbocycles. The van der Waals surface area contributed by atoms with E-state index in [9.17, 15) is 19.2 Å². The zero-order chi connectivity index (χ0) is 28.2. The van der Waals surface area contributed by atoms with Crippen LogP contribution in [-0.4, -0.2) is 59.8 Å². The van der Waals surface area contributed by atoms with Crippen LogP contribution in [0.25, 0.3) is 0 Å². The Hall–Kier alpha value is -3.47. The van der Waals surface area contributed by atoms with Crippen molar-refractivity contribution in [1.29, 1.82) is 0 Å². The highest BCUT2D eigenvalue weighted by molar-refractivity contribution is 6.08. The summed E-state index contributed by atoms with van der Waals surface area (Å²) in [6, 6.07) is 7.11. The van der Waals surface area contributed by atoms with Crippen molar-refractivity contribution in [2.24, 2.45) is 28.1 Å². The maximum absolute atomic E-state index is 13.4. The van der Waals surface area contributed by atoms with Crippen molar-refractivity contribution in [3.8, 4) is 0 Å². The number of hydrogen-bond donors (Lipinski definition) is 5. The number of ether oxygens (including phenoxy) is 1. The van der Waals surface area contributed by atoms with Crippen molar-refractivity contribution in [2.45, 2.75) is 83.5 Å². The van der Waals surface area contributed by atoms with Crippen LogP contribution in [0.4, 0.5) is 0 Å². The third kappa shape index (κ3) is 11.4. The molecule has 8 N–H and O–H groups in total. The molecule has 11 heteroatoms. The summed E-state index contributed by atoms with van der Waals surface area (Å²) >= 11 is 0. The van der Waals surface area contributed by atoms with Gasteiger partial charge in [-0.05, 0) is 51.5 Å². The number of carbonyl (C=O) groups is 4. The Morgan fingerprint density at radius 3 is 2.22 bits per heavy atom. The van der Waals surface area contributed by atoms with Gasteiger partial charge in [-0.2, -0.15) is 0 Å². The normalized spacial score (nSPS) is 14.6. The largest absolute Gasteiger partial charge is 0.458 e. The summed E-state index contributed by atoms with van der Waals surface area (Å²) in [6.07, 6.45) is 1.49. The number of nitrogens with one attached hydrogen (secondary N) is 2. The van der Waals surface area contributed by atoms with E-state index in [1.165, 1.54) is 0 Å². The van der Waals surface area contributed by atoms with E-state index >= 15 is 0 Å². The van der Waals surface area contributed by atoms with Crippen LogP contribution < -0.4 is 27.8 Å². The van der Waals surface area contributed by atoms with Gasteiger partial charge in [0, 0.05) is 13.0 Å². The molecule has 0 aromatic heterocycles. The number of aldehydes is 1. The first-order valence-electron chi connectivity index (χ1n) is 12.4. The Balaban J connectivity index is 3.16. The summed E-state index contributed by atoms with van der Waals surface area (Å²) in [5.74, 6) is -2.48. The quantitative estimate of drug-likeness (QED) is 0.0588. The minimum Gasteiger partial charge on any atom is -0.458 e. The highest BCUT2D eigenvalue weighted by Gasteiger charge is 2.46. The Labute approximate surface area is 219 Å². The molecule has 37 heavy (non-hydrogen) atoms. The molecule has 0 aliphatic rings. The summed E-state index contributed by atoms with van der Waals surface area (Å²) in [4.78, 5) is 55.1. The fraction of sp³-hybridized carbons (Fsp3) is 0.577. The summed E-state index contributed by atoms with van der Waals surface area (Å²) in [6.45, 7) is 8.98. The van der Waals surface area contributed by atoms with E-state index in [2.05, 4.69) is 15.6 Å². The molecule has 0 fully saturated rings. The van der Waals surface area contributed by atoms with Gasteiger partial charge in [0.25, 0.3) is 5.91 Å². The minimum absolute atomic E-state index is 0.00910. The lowest BCUT2D eigenvalue weighted by Gasteiger charge is -2.32. The van der Waals surface area contributed by atoms with Crippen molar-refractivity contribution in [3.05, 3.63) is 35.9 Å².